The van der Waals surface area contributed by atoms with Gasteiger partial charge in [-0.15, -0.1) is 0 Å². The minimum absolute atomic E-state index is 0.335. The number of hydrogen-bond donors (Lipinski definition) is 0. The van der Waals surface area contributed by atoms with Crippen molar-refractivity contribution >= 4 is 0 Å². The van der Waals surface area contributed by atoms with Crippen LogP contribution in [0.5, 0.6) is 5.88 Å². The summed E-state index contributed by atoms with van der Waals surface area (Å²) in [5.41, 5.74) is 2.52. The second-order valence-corrected chi connectivity index (χ2v) is 6.09. The summed E-state index contributed by atoms with van der Waals surface area (Å²) in [5, 5.41) is 0. The van der Waals surface area contributed by atoms with Crippen LogP contribution < -0.4 is 4.74 Å². The van der Waals surface area contributed by atoms with E-state index in [4.69, 9.17) is 9.47 Å². The van der Waals surface area contributed by atoms with E-state index < -0.39 is 0 Å². The molecule has 5 heteroatoms. The summed E-state index contributed by atoms with van der Waals surface area (Å²) in [7, 11) is 3.28. The third-order valence-electron chi connectivity index (χ3n) is 4.58. The Kier molecular flexibility index (Phi) is 5.43. The fourth-order valence-corrected chi connectivity index (χ4v) is 3.36. The molecule has 1 aliphatic heterocycles. The monoisotopic (exact) mass is 330 g/mol. The molecule has 2 heterocycles. The predicted molar refractivity (Wildman–Crippen MR) is 91.5 cm³/mol. The average molecular weight is 330 g/mol. The highest BCUT2D eigenvalue weighted by Gasteiger charge is 2.25. The van der Waals surface area contributed by atoms with Crippen molar-refractivity contribution < 1.29 is 13.9 Å². The van der Waals surface area contributed by atoms with Crippen molar-refractivity contribution in [1.29, 1.82) is 0 Å². The third kappa shape index (κ3) is 3.57. The Morgan fingerprint density at radius 1 is 1.25 bits per heavy atom. The van der Waals surface area contributed by atoms with Gasteiger partial charge in [-0.1, -0.05) is 24.3 Å². The summed E-state index contributed by atoms with van der Waals surface area (Å²) in [6, 6.07) is 10.0. The van der Waals surface area contributed by atoms with Crippen molar-refractivity contribution in [1.82, 2.24) is 9.88 Å². The van der Waals surface area contributed by atoms with Crippen molar-refractivity contribution in [2.24, 2.45) is 0 Å². The summed E-state index contributed by atoms with van der Waals surface area (Å²) in [6.07, 6.45) is 3.54. The fraction of sp³-hybridized carbons (Fsp3) is 0.421. The Morgan fingerprint density at radius 2 is 2.08 bits per heavy atom. The Labute approximate surface area is 142 Å². The van der Waals surface area contributed by atoms with Gasteiger partial charge >= 0.3 is 0 Å². The molecule has 0 spiro atoms. The van der Waals surface area contributed by atoms with Gasteiger partial charge in [0.05, 0.1) is 19.9 Å². The standard InChI is InChI=1S/C19H23FN2O2/c1-23-13-15-7-5-9-22(15)12-14-6-3-4-8-16(14)17-10-19(24-2)21-11-18(17)20/h3-4,6,8,10-11,15H,5,7,9,12-13H2,1-2H3/t15-/m1/s1. The number of likely N-dealkylation sites (tertiary alicyclic amines) is 1. The minimum atomic E-state index is -0.335. The minimum Gasteiger partial charge on any atom is -0.481 e. The molecule has 1 aliphatic rings. The highest BCUT2D eigenvalue weighted by atomic mass is 19.1. The lowest BCUT2D eigenvalue weighted by Gasteiger charge is -2.25. The molecule has 0 aliphatic carbocycles. The molecule has 0 unspecified atom stereocenters. The molecule has 1 aromatic carbocycles. The summed E-state index contributed by atoms with van der Waals surface area (Å²) in [6.45, 7) is 2.57. The molecule has 24 heavy (non-hydrogen) atoms. The molecule has 0 N–H and O–H groups in total. The summed E-state index contributed by atoms with van der Waals surface area (Å²) in [4.78, 5) is 6.34. The van der Waals surface area contributed by atoms with Crippen LogP contribution in [0.2, 0.25) is 0 Å². The number of hydrogen-bond acceptors (Lipinski definition) is 4. The summed E-state index contributed by atoms with van der Waals surface area (Å²) in [5.74, 6) is 0.0812. The molecule has 1 saturated heterocycles. The topological polar surface area (TPSA) is 34.6 Å². The molecule has 1 atom stereocenters. The van der Waals surface area contributed by atoms with Crippen molar-refractivity contribution in [3.8, 4) is 17.0 Å². The molecule has 0 saturated carbocycles. The van der Waals surface area contributed by atoms with Gasteiger partial charge in [0.25, 0.3) is 0 Å². The fourth-order valence-electron chi connectivity index (χ4n) is 3.36. The van der Waals surface area contributed by atoms with E-state index in [1.165, 1.54) is 19.7 Å². The van der Waals surface area contributed by atoms with Crippen LogP contribution in [0.4, 0.5) is 4.39 Å². The van der Waals surface area contributed by atoms with E-state index in [0.29, 0.717) is 17.5 Å². The lowest BCUT2D eigenvalue weighted by molar-refractivity contribution is 0.112. The van der Waals surface area contributed by atoms with Crippen LogP contribution in [-0.2, 0) is 11.3 Å². The Balaban J connectivity index is 1.91. The number of nitrogens with zero attached hydrogens (tertiary/aromatic N) is 2. The highest BCUT2D eigenvalue weighted by Crippen LogP contribution is 2.30. The Bertz CT molecular complexity index is 693. The first-order valence-electron chi connectivity index (χ1n) is 8.23. The lowest BCUT2D eigenvalue weighted by atomic mass is 9.99. The van der Waals surface area contributed by atoms with Crippen LogP contribution in [0, 0.1) is 5.82 Å². The zero-order valence-corrected chi connectivity index (χ0v) is 14.2. The number of benzene rings is 1. The summed E-state index contributed by atoms with van der Waals surface area (Å²) >= 11 is 0. The molecule has 128 valence electrons. The van der Waals surface area contributed by atoms with Gasteiger partial charge in [-0.3, -0.25) is 4.90 Å². The molecule has 0 radical (unpaired) electrons. The van der Waals surface area contributed by atoms with E-state index in [1.54, 1.807) is 13.2 Å². The van der Waals surface area contributed by atoms with Crippen molar-refractivity contribution in [2.75, 3.05) is 27.4 Å². The van der Waals surface area contributed by atoms with Crippen molar-refractivity contribution in [2.45, 2.75) is 25.4 Å². The largest absolute Gasteiger partial charge is 0.481 e. The number of ether oxygens (including phenoxy) is 2. The molecule has 0 bridgehead atoms. The molecular formula is C19H23FN2O2. The number of pyridine rings is 1. The first-order chi connectivity index (χ1) is 11.7. The van der Waals surface area contributed by atoms with Crippen LogP contribution in [0.1, 0.15) is 18.4 Å². The quantitative estimate of drug-likeness (QED) is 0.812. The number of aromatic nitrogens is 1. The maximum Gasteiger partial charge on any atom is 0.213 e. The van der Waals surface area contributed by atoms with E-state index in [1.807, 2.05) is 18.2 Å². The van der Waals surface area contributed by atoms with E-state index in [9.17, 15) is 4.39 Å². The first kappa shape index (κ1) is 16.9. The van der Waals surface area contributed by atoms with Crippen LogP contribution >= 0.6 is 0 Å². The second kappa shape index (κ2) is 7.73. The van der Waals surface area contributed by atoms with Gasteiger partial charge in [-0.25, -0.2) is 9.37 Å². The number of methoxy groups -OCH3 is 2. The van der Waals surface area contributed by atoms with Gasteiger partial charge in [0.15, 0.2) is 0 Å². The van der Waals surface area contributed by atoms with Crippen LogP contribution in [-0.4, -0.2) is 43.3 Å². The van der Waals surface area contributed by atoms with E-state index in [2.05, 4.69) is 16.0 Å². The van der Waals surface area contributed by atoms with E-state index in [0.717, 1.165) is 37.2 Å². The van der Waals surface area contributed by atoms with Gasteiger partial charge in [0, 0.05) is 31.3 Å². The average Bonchev–Trinajstić information content (AvgIpc) is 3.03. The zero-order valence-electron chi connectivity index (χ0n) is 14.2. The molecule has 2 aromatic rings. The molecule has 0 amide bonds. The molecule has 4 nitrogen and oxygen atoms in total. The van der Waals surface area contributed by atoms with Crippen LogP contribution in [0.3, 0.4) is 0 Å². The number of rotatable bonds is 6. The molecular weight excluding hydrogens is 307 g/mol. The van der Waals surface area contributed by atoms with Gasteiger partial charge < -0.3 is 9.47 Å². The maximum absolute atomic E-state index is 14.3. The lowest BCUT2D eigenvalue weighted by Crippen LogP contribution is -2.32. The van der Waals surface area contributed by atoms with Crippen LogP contribution in [0.25, 0.3) is 11.1 Å². The highest BCUT2D eigenvalue weighted by molar-refractivity contribution is 5.68. The molecule has 3 rings (SSSR count). The van der Waals surface area contributed by atoms with Gasteiger partial charge in [-0.2, -0.15) is 0 Å². The maximum atomic E-state index is 14.3. The Hall–Kier alpha value is -1.98. The third-order valence-corrected chi connectivity index (χ3v) is 4.58. The zero-order chi connectivity index (χ0) is 16.9. The first-order valence-corrected chi connectivity index (χ1v) is 8.23. The van der Waals surface area contributed by atoms with E-state index in [-0.39, 0.29) is 5.82 Å². The van der Waals surface area contributed by atoms with Crippen molar-refractivity contribution in [3.05, 3.63) is 47.9 Å². The van der Waals surface area contributed by atoms with Gasteiger partial charge in [-0.05, 0) is 30.5 Å². The van der Waals surface area contributed by atoms with Crippen LogP contribution in [0.15, 0.2) is 36.5 Å². The molecule has 1 aromatic heterocycles. The SMILES string of the molecule is COC[C@H]1CCCN1Cc1ccccc1-c1cc(OC)ncc1F. The predicted octanol–water partition coefficient (Wildman–Crippen LogP) is 3.51. The normalized spacial score (nSPS) is 18.0. The van der Waals surface area contributed by atoms with Gasteiger partial charge in [0.2, 0.25) is 5.88 Å². The molecule has 1 fully saturated rings. The van der Waals surface area contributed by atoms with E-state index >= 15 is 0 Å². The second-order valence-electron chi connectivity index (χ2n) is 6.09. The summed E-state index contributed by atoms with van der Waals surface area (Å²) < 4.78 is 24.8. The smallest absolute Gasteiger partial charge is 0.213 e. The number of halogens is 1. The van der Waals surface area contributed by atoms with Gasteiger partial charge in [0.1, 0.15) is 5.82 Å². The van der Waals surface area contributed by atoms with Crippen molar-refractivity contribution in [3.63, 3.8) is 0 Å². The Morgan fingerprint density at radius 3 is 2.88 bits per heavy atom.